The van der Waals surface area contributed by atoms with Gasteiger partial charge in [-0.1, -0.05) is 12.1 Å². The van der Waals surface area contributed by atoms with Gasteiger partial charge in [-0.2, -0.15) is 0 Å². The molecule has 3 amide bonds. The lowest BCUT2D eigenvalue weighted by molar-refractivity contribution is -0.121. The lowest BCUT2D eigenvalue weighted by atomic mass is 9.96. The molecule has 0 saturated carbocycles. The number of carbonyl (C=O) groups is 2. The fourth-order valence-corrected chi connectivity index (χ4v) is 4.56. The van der Waals surface area contributed by atoms with E-state index in [0.717, 1.165) is 37.3 Å². The molecule has 0 radical (unpaired) electrons. The van der Waals surface area contributed by atoms with E-state index >= 15 is 0 Å². The third-order valence-corrected chi connectivity index (χ3v) is 6.42. The number of hydrogen-bond acceptors (Lipinski definition) is 4. The van der Waals surface area contributed by atoms with Crippen LogP contribution in [0.4, 0.5) is 10.5 Å². The quantitative estimate of drug-likeness (QED) is 0.646. The number of carbonyl (C=O) groups excluding carboxylic acids is 2. The SMILES string of the molecule is O=C(Nc1cccc(OCc2cn3ccccc3n2)c1)C1CCN(C(=O)N2CCCC2)CC1. The number of nitrogens with zero attached hydrogens (tertiary/aromatic N) is 4. The molecule has 5 rings (SSSR count). The van der Waals surface area contributed by atoms with E-state index in [1.165, 1.54) is 0 Å². The normalized spacial score (nSPS) is 16.8. The Morgan fingerprint density at radius 1 is 1.00 bits per heavy atom. The van der Waals surface area contributed by atoms with Gasteiger partial charge >= 0.3 is 6.03 Å². The summed E-state index contributed by atoms with van der Waals surface area (Å²) in [6.07, 6.45) is 7.46. The highest BCUT2D eigenvalue weighted by Gasteiger charge is 2.30. The minimum Gasteiger partial charge on any atom is -0.487 e. The first-order chi connectivity index (χ1) is 16.2. The van der Waals surface area contributed by atoms with Gasteiger partial charge in [0.15, 0.2) is 0 Å². The summed E-state index contributed by atoms with van der Waals surface area (Å²) in [6.45, 7) is 3.33. The molecule has 8 nitrogen and oxygen atoms in total. The number of nitrogens with one attached hydrogen (secondary N) is 1. The Morgan fingerprint density at radius 2 is 1.79 bits per heavy atom. The second kappa shape index (κ2) is 9.52. The molecule has 2 fully saturated rings. The maximum Gasteiger partial charge on any atom is 0.319 e. The lowest BCUT2D eigenvalue weighted by Crippen LogP contribution is -2.47. The van der Waals surface area contributed by atoms with Crippen LogP contribution in [0.25, 0.3) is 5.65 Å². The lowest BCUT2D eigenvalue weighted by Gasteiger charge is -2.34. The van der Waals surface area contributed by atoms with Crippen LogP contribution in [-0.2, 0) is 11.4 Å². The van der Waals surface area contributed by atoms with Crippen LogP contribution in [0.5, 0.6) is 5.75 Å². The highest BCUT2D eigenvalue weighted by molar-refractivity contribution is 5.93. The zero-order chi connectivity index (χ0) is 22.6. The van der Waals surface area contributed by atoms with Crippen LogP contribution in [0.3, 0.4) is 0 Å². The van der Waals surface area contributed by atoms with E-state index in [1.807, 2.05) is 69.1 Å². The molecule has 33 heavy (non-hydrogen) atoms. The van der Waals surface area contributed by atoms with Crippen molar-refractivity contribution in [2.24, 2.45) is 5.92 Å². The first-order valence-electron chi connectivity index (χ1n) is 11.7. The number of anilines is 1. The van der Waals surface area contributed by atoms with Gasteiger partial charge < -0.3 is 24.3 Å². The average molecular weight is 448 g/mol. The summed E-state index contributed by atoms with van der Waals surface area (Å²) in [6, 6.07) is 13.4. The molecule has 2 aliphatic heterocycles. The highest BCUT2D eigenvalue weighted by atomic mass is 16.5. The van der Waals surface area contributed by atoms with Crippen molar-refractivity contribution in [1.29, 1.82) is 0 Å². The van der Waals surface area contributed by atoms with Crippen molar-refractivity contribution in [1.82, 2.24) is 19.2 Å². The highest BCUT2D eigenvalue weighted by Crippen LogP contribution is 2.23. The van der Waals surface area contributed by atoms with Gasteiger partial charge in [0, 0.05) is 56.2 Å². The van der Waals surface area contributed by atoms with Gasteiger partial charge in [-0.15, -0.1) is 0 Å². The van der Waals surface area contributed by atoms with Crippen LogP contribution in [0, 0.1) is 5.92 Å². The van der Waals surface area contributed by atoms with Gasteiger partial charge in [0.25, 0.3) is 0 Å². The minimum absolute atomic E-state index is 0.000715. The van der Waals surface area contributed by atoms with Gasteiger partial charge in [0.05, 0.1) is 5.69 Å². The number of imidazole rings is 1. The Labute approximate surface area is 193 Å². The molecular formula is C25H29N5O3. The predicted octanol–water partition coefficient (Wildman–Crippen LogP) is 3.78. The summed E-state index contributed by atoms with van der Waals surface area (Å²) in [5.41, 5.74) is 2.43. The maximum absolute atomic E-state index is 12.8. The number of pyridine rings is 1. The van der Waals surface area contributed by atoms with Gasteiger partial charge in [-0.3, -0.25) is 4.79 Å². The van der Waals surface area contributed by atoms with E-state index in [4.69, 9.17) is 4.74 Å². The van der Waals surface area contributed by atoms with Crippen LogP contribution >= 0.6 is 0 Å². The van der Waals surface area contributed by atoms with Gasteiger partial charge in [-0.05, 0) is 49.9 Å². The minimum atomic E-state index is -0.0878. The number of urea groups is 1. The van der Waals surface area contributed by atoms with Crippen LogP contribution in [0.2, 0.25) is 0 Å². The van der Waals surface area contributed by atoms with Gasteiger partial charge in [0.1, 0.15) is 18.0 Å². The van der Waals surface area contributed by atoms with Crippen LogP contribution in [-0.4, -0.2) is 57.3 Å². The molecule has 0 aliphatic carbocycles. The summed E-state index contributed by atoms with van der Waals surface area (Å²) in [7, 11) is 0. The first-order valence-corrected chi connectivity index (χ1v) is 11.7. The fraction of sp³-hybridized carbons (Fsp3) is 0.400. The van der Waals surface area contributed by atoms with Gasteiger partial charge in [-0.25, -0.2) is 9.78 Å². The third-order valence-electron chi connectivity index (χ3n) is 6.42. The number of piperidine rings is 1. The third kappa shape index (κ3) is 4.94. The second-order valence-corrected chi connectivity index (χ2v) is 8.74. The number of ether oxygens (including phenoxy) is 1. The maximum atomic E-state index is 12.8. The Hall–Kier alpha value is -3.55. The number of hydrogen-bond donors (Lipinski definition) is 1. The number of amides is 3. The van der Waals surface area contributed by atoms with Crippen molar-refractivity contribution in [3.8, 4) is 5.75 Å². The Balaban J connectivity index is 1.12. The summed E-state index contributed by atoms with van der Waals surface area (Å²) >= 11 is 0. The number of fused-ring (bicyclic) bond motifs is 1. The average Bonchev–Trinajstić information content (AvgIpc) is 3.53. The Morgan fingerprint density at radius 3 is 2.58 bits per heavy atom. The van der Waals surface area contributed by atoms with Crippen molar-refractivity contribution < 1.29 is 14.3 Å². The van der Waals surface area contributed by atoms with Crippen LogP contribution in [0.1, 0.15) is 31.4 Å². The number of likely N-dealkylation sites (tertiary alicyclic amines) is 2. The Kier molecular flexibility index (Phi) is 6.15. The van der Waals surface area contributed by atoms with Crippen molar-refractivity contribution in [3.05, 3.63) is 60.6 Å². The molecule has 0 bridgehead atoms. The standard InChI is InChI=1S/C25H29N5O3/c31-24(19-9-14-29(15-10-19)25(32)28-11-3-4-12-28)27-20-6-5-7-22(16-20)33-18-21-17-30-13-2-1-8-23(30)26-21/h1-2,5-8,13,16-17,19H,3-4,9-12,14-15,18H2,(H,27,31). The molecule has 0 atom stereocenters. The van der Waals surface area contributed by atoms with E-state index < -0.39 is 0 Å². The molecule has 8 heteroatoms. The molecule has 172 valence electrons. The number of benzene rings is 1. The smallest absolute Gasteiger partial charge is 0.319 e. The molecule has 4 heterocycles. The van der Waals surface area contributed by atoms with Crippen molar-refractivity contribution in [3.63, 3.8) is 0 Å². The summed E-state index contributed by atoms with van der Waals surface area (Å²) in [5.74, 6) is 0.590. The summed E-state index contributed by atoms with van der Waals surface area (Å²) < 4.78 is 7.86. The summed E-state index contributed by atoms with van der Waals surface area (Å²) in [5, 5.41) is 3.02. The molecule has 2 aromatic heterocycles. The van der Waals surface area contributed by atoms with Crippen LogP contribution in [0.15, 0.2) is 54.9 Å². The molecule has 2 aliphatic rings. The van der Waals surface area contributed by atoms with E-state index in [0.29, 0.717) is 44.0 Å². The topological polar surface area (TPSA) is 79.2 Å². The van der Waals surface area contributed by atoms with E-state index in [1.54, 1.807) is 0 Å². The zero-order valence-electron chi connectivity index (χ0n) is 18.7. The molecule has 1 N–H and O–H groups in total. The molecule has 0 unspecified atom stereocenters. The predicted molar refractivity (Wildman–Crippen MR) is 125 cm³/mol. The first kappa shape index (κ1) is 21.3. The molecule has 3 aromatic rings. The molecule has 0 spiro atoms. The van der Waals surface area contributed by atoms with E-state index in [9.17, 15) is 9.59 Å². The molecule has 1 aromatic carbocycles. The largest absolute Gasteiger partial charge is 0.487 e. The van der Waals surface area contributed by atoms with Crippen molar-refractivity contribution in [2.75, 3.05) is 31.5 Å². The summed E-state index contributed by atoms with van der Waals surface area (Å²) in [4.78, 5) is 33.7. The number of aromatic nitrogens is 2. The molecular weight excluding hydrogens is 418 g/mol. The van der Waals surface area contributed by atoms with Crippen molar-refractivity contribution in [2.45, 2.75) is 32.3 Å². The van der Waals surface area contributed by atoms with E-state index in [2.05, 4.69) is 10.3 Å². The van der Waals surface area contributed by atoms with Crippen LogP contribution < -0.4 is 10.1 Å². The number of rotatable bonds is 5. The van der Waals surface area contributed by atoms with E-state index in [-0.39, 0.29) is 17.9 Å². The fourth-order valence-electron chi connectivity index (χ4n) is 4.56. The van der Waals surface area contributed by atoms with Gasteiger partial charge in [0.2, 0.25) is 5.91 Å². The second-order valence-electron chi connectivity index (χ2n) is 8.74. The zero-order valence-corrected chi connectivity index (χ0v) is 18.7. The Bertz CT molecular complexity index is 1100. The van der Waals surface area contributed by atoms with Crippen molar-refractivity contribution >= 4 is 23.3 Å². The molecule has 2 saturated heterocycles. The monoisotopic (exact) mass is 447 g/mol.